The van der Waals surface area contributed by atoms with E-state index in [4.69, 9.17) is 4.74 Å². The maximum atomic E-state index is 10.8. The van der Waals surface area contributed by atoms with Crippen molar-refractivity contribution in [3.05, 3.63) is 69.8 Å². The van der Waals surface area contributed by atoms with Crippen molar-refractivity contribution in [2.45, 2.75) is 25.4 Å². The van der Waals surface area contributed by atoms with Crippen LogP contribution in [0.25, 0.3) is 0 Å². The molecular formula is C22H29N5O3. The lowest BCUT2D eigenvalue weighted by Crippen LogP contribution is -2.42. The first-order chi connectivity index (χ1) is 14.6. The minimum atomic E-state index is -0.393. The Morgan fingerprint density at radius 1 is 1.13 bits per heavy atom. The number of aliphatic imine (C=N–C) groups is 1. The lowest BCUT2D eigenvalue weighted by Gasteiger charge is -2.29. The first-order valence-electron chi connectivity index (χ1n) is 10.2. The summed E-state index contributed by atoms with van der Waals surface area (Å²) in [5.41, 5.74) is 2.29. The summed E-state index contributed by atoms with van der Waals surface area (Å²) in [5.74, 6) is 1.55. The number of nitrogens with zero attached hydrogens (tertiary/aromatic N) is 3. The number of rotatable bonds is 8. The Morgan fingerprint density at radius 2 is 1.80 bits per heavy atom. The third kappa shape index (κ3) is 5.70. The van der Waals surface area contributed by atoms with E-state index in [0.29, 0.717) is 12.5 Å². The van der Waals surface area contributed by atoms with Crippen LogP contribution in [0.4, 0.5) is 5.69 Å². The summed E-state index contributed by atoms with van der Waals surface area (Å²) in [6.45, 7) is 3.45. The molecule has 1 aliphatic heterocycles. The zero-order valence-corrected chi connectivity index (χ0v) is 17.5. The van der Waals surface area contributed by atoms with E-state index in [1.54, 1.807) is 26.3 Å². The molecule has 8 nitrogen and oxygen atoms in total. The van der Waals surface area contributed by atoms with Gasteiger partial charge in [-0.25, -0.2) is 0 Å². The summed E-state index contributed by atoms with van der Waals surface area (Å²) in [6, 6.07) is 15.0. The number of nitro benzene ring substituents is 1. The van der Waals surface area contributed by atoms with Gasteiger partial charge in [0, 0.05) is 32.3 Å². The molecule has 1 fully saturated rings. The molecule has 0 amide bonds. The molecule has 2 aromatic carbocycles. The van der Waals surface area contributed by atoms with Crippen LogP contribution in [0.3, 0.4) is 0 Å². The largest absolute Gasteiger partial charge is 0.497 e. The summed E-state index contributed by atoms with van der Waals surface area (Å²) in [7, 11) is 3.42. The van der Waals surface area contributed by atoms with Gasteiger partial charge in [-0.2, -0.15) is 0 Å². The van der Waals surface area contributed by atoms with Crippen LogP contribution in [0.2, 0.25) is 0 Å². The average Bonchev–Trinajstić information content (AvgIpc) is 3.31. The number of methoxy groups -OCH3 is 1. The van der Waals surface area contributed by atoms with Gasteiger partial charge in [-0.05, 0) is 49.2 Å². The van der Waals surface area contributed by atoms with Crippen LogP contribution in [-0.4, -0.2) is 49.6 Å². The number of guanidine groups is 1. The molecule has 3 rings (SSSR count). The van der Waals surface area contributed by atoms with Crippen LogP contribution >= 0.6 is 0 Å². The van der Waals surface area contributed by atoms with Gasteiger partial charge in [0.25, 0.3) is 5.69 Å². The fourth-order valence-electron chi connectivity index (χ4n) is 3.67. The molecule has 0 aliphatic carbocycles. The van der Waals surface area contributed by atoms with Gasteiger partial charge in [0.15, 0.2) is 5.96 Å². The van der Waals surface area contributed by atoms with Crippen LogP contribution in [0.15, 0.2) is 53.5 Å². The molecule has 1 unspecified atom stereocenters. The molecule has 8 heteroatoms. The van der Waals surface area contributed by atoms with E-state index in [-0.39, 0.29) is 11.7 Å². The summed E-state index contributed by atoms with van der Waals surface area (Å²) < 4.78 is 5.29. The van der Waals surface area contributed by atoms with Crippen LogP contribution < -0.4 is 15.4 Å². The highest BCUT2D eigenvalue weighted by Crippen LogP contribution is 2.26. The number of hydrogen-bond donors (Lipinski definition) is 2. The van der Waals surface area contributed by atoms with E-state index in [1.165, 1.54) is 30.5 Å². The van der Waals surface area contributed by atoms with Crippen LogP contribution in [0.1, 0.15) is 30.0 Å². The number of non-ortho nitro benzene ring substituents is 1. The van der Waals surface area contributed by atoms with Gasteiger partial charge in [-0.15, -0.1) is 0 Å². The van der Waals surface area contributed by atoms with Crippen molar-refractivity contribution in [3.8, 4) is 5.75 Å². The Kier molecular flexibility index (Phi) is 7.62. The van der Waals surface area contributed by atoms with E-state index < -0.39 is 4.92 Å². The minimum absolute atomic E-state index is 0.0919. The normalized spacial score (nSPS) is 15.6. The van der Waals surface area contributed by atoms with Gasteiger partial charge in [0.05, 0.1) is 18.1 Å². The van der Waals surface area contributed by atoms with Gasteiger partial charge >= 0.3 is 0 Å². The smallest absolute Gasteiger partial charge is 0.269 e. The van der Waals surface area contributed by atoms with E-state index in [0.717, 1.165) is 30.9 Å². The van der Waals surface area contributed by atoms with Crippen LogP contribution in [0, 0.1) is 10.1 Å². The Morgan fingerprint density at radius 3 is 2.37 bits per heavy atom. The standard InChI is InChI=1S/C22H29N5O3/c1-23-22(24-15-17-5-9-19(10-6-17)27(28)29)25-16-21(26-13-3-4-14-26)18-7-11-20(30-2)12-8-18/h5-12,21H,3-4,13-16H2,1-2H3,(H2,23,24,25). The minimum Gasteiger partial charge on any atom is -0.497 e. The number of hydrogen-bond acceptors (Lipinski definition) is 5. The van der Waals surface area contributed by atoms with Crippen molar-refractivity contribution in [1.29, 1.82) is 0 Å². The number of benzene rings is 2. The number of nitro groups is 1. The van der Waals surface area contributed by atoms with E-state index in [2.05, 4.69) is 32.7 Å². The average molecular weight is 412 g/mol. The predicted octanol–water partition coefficient (Wildman–Crippen LogP) is 3.11. The Hall–Kier alpha value is -3.13. The Labute approximate surface area is 177 Å². The second-order valence-corrected chi connectivity index (χ2v) is 7.26. The van der Waals surface area contributed by atoms with Crippen molar-refractivity contribution in [3.63, 3.8) is 0 Å². The van der Waals surface area contributed by atoms with Gasteiger partial charge in [0.2, 0.25) is 0 Å². The first-order valence-corrected chi connectivity index (χ1v) is 10.2. The Bertz CT molecular complexity index is 846. The highest BCUT2D eigenvalue weighted by Gasteiger charge is 2.23. The second kappa shape index (κ2) is 10.6. The maximum absolute atomic E-state index is 10.8. The number of nitrogens with one attached hydrogen (secondary N) is 2. The maximum Gasteiger partial charge on any atom is 0.269 e. The lowest BCUT2D eigenvalue weighted by molar-refractivity contribution is -0.384. The number of likely N-dealkylation sites (tertiary alicyclic amines) is 1. The first kappa shape index (κ1) is 21.6. The molecule has 2 aromatic rings. The number of ether oxygens (including phenoxy) is 1. The quantitative estimate of drug-likeness (QED) is 0.300. The summed E-state index contributed by atoms with van der Waals surface area (Å²) in [4.78, 5) is 17.2. The highest BCUT2D eigenvalue weighted by molar-refractivity contribution is 5.79. The molecular weight excluding hydrogens is 382 g/mol. The zero-order chi connectivity index (χ0) is 21.3. The van der Waals surface area contributed by atoms with Crippen molar-refractivity contribution >= 4 is 11.6 Å². The fraction of sp³-hybridized carbons (Fsp3) is 0.409. The van der Waals surface area contributed by atoms with Crippen LogP contribution in [-0.2, 0) is 6.54 Å². The summed E-state index contributed by atoms with van der Waals surface area (Å²) in [6.07, 6.45) is 2.44. The van der Waals surface area contributed by atoms with Crippen molar-refractivity contribution in [1.82, 2.24) is 15.5 Å². The molecule has 2 N–H and O–H groups in total. The SMILES string of the molecule is CN=C(NCc1ccc([N+](=O)[O-])cc1)NCC(c1ccc(OC)cc1)N1CCCC1. The molecule has 160 valence electrons. The molecule has 1 aliphatic rings. The van der Waals surface area contributed by atoms with Gasteiger partial charge in [-0.1, -0.05) is 24.3 Å². The van der Waals surface area contributed by atoms with Gasteiger partial charge in [-0.3, -0.25) is 20.0 Å². The molecule has 0 bridgehead atoms. The lowest BCUT2D eigenvalue weighted by atomic mass is 10.1. The van der Waals surface area contributed by atoms with Crippen molar-refractivity contribution < 1.29 is 9.66 Å². The predicted molar refractivity (Wildman–Crippen MR) is 118 cm³/mol. The van der Waals surface area contributed by atoms with E-state index in [9.17, 15) is 10.1 Å². The van der Waals surface area contributed by atoms with Crippen molar-refractivity contribution in [2.24, 2.45) is 4.99 Å². The Balaban J connectivity index is 1.60. The molecule has 1 heterocycles. The van der Waals surface area contributed by atoms with Gasteiger partial charge < -0.3 is 15.4 Å². The topological polar surface area (TPSA) is 92.0 Å². The molecule has 1 saturated heterocycles. The molecule has 0 spiro atoms. The van der Waals surface area contributed by atoms with E-state index in [1.807, 2.05) is 12.1 Å². The fourth-order valence-corrected chi connectivity index (χ4v) is 3.67. The van der Waals surface area contributed by atoms with Crippen LogP contribution in [0.5, 0.6) is 5.75 Å². The monoisotopic (exact) mass is 411 g/mol. The molecule has 1 atom stereocenters. The third-order valence-electron chi connectivity index (χ3n) is 5.38. The molecule has 0 aromatic heterocycles. The third-order valence-corrected chi connectivity index (χ3v) is 5.38. The zero-order valence-electron chi connectivity index (χ0n) is 17.5. The summed E-state index contributed by atoms with van der Waals surface area (Å²) in [5, 5.41) is 17.5. The second-order valence-electron chi connectivity index (χ2n) is 7.26. The highest BCUT2D eigenvalue weighted by atomic mass is 16.6. The molecule has 0 radical (unpaired) electrons. The van der Waals surface area contributed by atoms with Crippen molar-refractivity contribution in [2.75, 3.05) is 33.8 Å². The molecule has 0 saturated carbocycles. The van der Waals surface area contributed by atoms with E-state index >= 15 is 0 Å². The molecule has 30 heavy (non-hydrogen) atoms. The van der Waals surface area contributed by atoms with Gasteiger partial charge in [0.1, 0.15) is 5.75 Å². The summed E-state index contributed by atoms with van der Waals surface area (Å²) >= 11 is 0.